The molecule has 2 N–H and O–H groups in total. The van der Waals surface area contributed by atoms with Crippen LogP contribution in [0, 0.1) is 12.8 Å². The number of carbonyl (C=O) groups excluding carboxylic acids is 1. The molecule has 1 aromatic heterocycles. The fourth-order valence-electron chi connectivity index (χ4n) is 2.72. The maximum Gasteiger partial charge on any atom is 0.340 e. The highest BCUT2D eigenvalue weighted by Gasteiger charge is 2.31. The Morgan fingerprint density at radius 1 is 1.52 bits per heavy atom. The van der Waals surface area contributed by atoms with Crippen molar-refractivity contribution in [3.05, 3.63) is 11.3 Å². The summed E-state index contributed by atoms with van der Waals surface area (Å²) in [5.41, 5.74) is 0.573. The number of carboxylic acids is 1. The van der Waals surface area contributed by atoms with E-state index in [0.29, 0.717) is 16.6 Å². The van der Waals surface area contributed by atoms with Crippen molar-refractivity contribution in [1.82, 2.24) is 9.69 Å². The van der Waals surface area contributed by atoms with Crippen LogP contribution < -0.4 is 10.2 Å². The Balaban J connectivity index is 2.18. The first kappa shape index (κ1) is 15.9. The number of anilines is 1. The molecule has 1 fully saturated rings. The quantitative estimate of drug-likeness (QED) is 0.887. The topological polar surface area (TPSA) is 82.5 Å². The van der Waals surface area contributed by atoms with Crippen molar-refractivity contribution < 1.29 is 14.7 Å². The molecule has 21 heavy (non-hydrogen) atoms. The lowest BCUT2D eigenvalue weighted by Gasteiger charge is -2.31. The summed E-state index contributed by atoms with van der Waals surface area (Å²) in [5.74, 6) is -0.575. The Morgan fingerprint density at radius 2 is 2.24 bits per heavy atom. The first-order valence-electron chi connectivity index (χ1n) is 7.16. The van der Waals surface area contributed by atoms with E-state index in [2.05, 4.69) is 16.6 Å². The van der Waals surface area contributed by atoms with E-state index in [0.717, 1.165) is 37.3 Å². The average Bonchev–Trinajstić information content (AvgIpc) is 2.87. The lowest BCUT2D eigenvalue weighted by molar-refractivity contribution is -0.121. The molecule has 116 valence electrons. The number of likely N-dealkylation sites (N-methyl/N-ethyl adjacent to an activating group) is 1. The first-order valence-corrected chi connectivity index (χ1v) is 7.93. The molecule has 7 heteroatoms. The Morgan fingerprint density at radius 3 is 2.86 bits per heavy atom. The number of hydrogen-bond acceptors (Lipinski definition) is 5. The number of carboxylic acid groups (broad SMARTS) is 1. The summed E-state index contributed by atoms with van der Waals surface area (Å²) in [5, 5.41) is 12.9. The summed E-state index contributed by atoms with van der Waals surface area (Å²) in [6.45, 7) is 4.61. The van der Waals surface area contributed by atoms with Gasteiger partial charge < -0.3 is 15.3 Å². The van der Waals surface area contributed by atoms with Crippen molar-refractivity contribution in [1.29, 1.82) is 0 Å². The van der Waals surface area contributed by atoms with Crippen molar-refractivity contribution in [3.63, 3.8) is 0 Å². The number of nitrogens with zero attached hydrogens (tertiary/aromatic N) is 2. The Hall–Kier alpha value is -1.47. The van der Waals surface area contributed by atoms with Gasteiger partial charge in [-0.1, -0.05) is 13.3 Å². The van der Waals surface area contributed by atoms with E-state index in [9.17, 15) is 14.7 Å². The highest BCUT2D eigenvalue weighted by molar-refractivity contribution is 7.11. The number of nitrogens with one attached hydrogen (secondary N) is 1. The third kappa shape index (κ3) is 3.24. The summed E-state index contributed by atoms with van der Waals surface area (Å²) in [6, 6.07) is -0.238. The SMILES string of the molecule is CCC1CCNC(C(=O)N(C)c2snc(C)c2C(=O)O)C1. The summed E-state index contributed by atoms with van der Waals surface area (Å²) in [4.78, 5) is 25.3. The monoisotopic (exact) mass is 311 g/mol. The Kier molecular flexibility index (Phi) is 4.95. The molecule has 0 spiro atoms. The summed E-state index contributed by atoms with van der Waals surface area (Å²) < 4.78 is 4.06. The Bertz CT molecular complexity index is 544. The minimum Gasteiger partial charge on any atom is -0.478 e. The van der Waals surface area contributed by atoms with Gasteiger partial charge in [-0.3, -0.25) is 4.79 Å². The van der Waals surface area contributed by atoms with Crippen LogP contribution in [0.5, 0.6) is 0 Å². The molecule has 0 aliphatic carbocycles. The second kappa shape index (κ2) is 6.53. The number of rotatable bonds is 4. The lowest BCUT2D eigenvalue weighted by Crippen LogP contribution is -2.49. The van der Waals surface area contributed by atoms with E-state index < -0.39 is 5.97 Å². The zero-order chi connectivity index (χ0) is 15.6. The molecular weight excluding hydrogens is 290 g/mol. The van der Waals surface area contributed by atoms with Crippen molar-refractivity contribution in [2.75, 3.05) is 18.5 Å². The third-order valence-electron chi connectivity index (χ3n) is 4.08. The van der Waals surface area contributed by atoms with Crippen LogP contribution in [0.4, 0.5) is 5.00 Å². The van der Waals surface area contributed by atoms with Gasteiger partial charge in [0.2, 0.25) is 5.91 Å². The van der Waals surface area contributed by atoms with Gasteiger partial charge in [0.05, 0.1) is 11.7 Å². The number of amides is 1. The fraction of sp³-hybridized carbons (Fsp3) is 0.643. The summed E-state index contributed by atoms with van der Waals surface area (Å²) in [6.07, 6.45) is 2.96. The summed E-state index contributed by atoms with van der Waals surface area (Å²) in [7, 11) is 1.62. The van der Waals surface area contributed by atoms with E-state index in [-0.39, 0.29) is 17.5 Å². The molecule has 1 aromatic rings. The molecule has 2 unspecified atom stereocenters. The largest absolute Gasteiger partial charge is 0.478 e. The van der Waals surface area contributed by atoms with Gasteiger partial charge in [0.25, 0.3) is 0 Å². The van der Waals surface area contributed by atoms with Crippen molar-refractivity contribution in [2.45, 2.75) is 39.2 Å². The summed E-state index contributed by atoms with van der Waals surface area (Å²) >= 11 is 1.06. The van der Waals surface area contributed by atoms with Crippen LogP contribution in [0.2, 0.25) is 0 Å². The van der Waals surface area contributed by atoms with Crippen LogP contribution in [-0.2, 0) is 4.79 Å². The molecule has 0 aromatic carbocycles. The highest BCUT2D eigenvalue weighted by atomic mass is 32.1. The van der Waals surface area contributed by atoms with Crippen LogP contribution in [0.1, 0.15) is 42.2 Å². The molecule has 1 aliphatic rings. The zero-order valence-corrected chi connectivity index (χ0v) is 13.4. The minimum atomic E-state index is -1.04. The normalized spacial score (nSPS) is 22.0. The van der Waals surface area contributed by atoms with Crippen LogP contribution in [0.3, 0.4) is 0 Å². The van der Waals surface area contributed by atoms with Gasteiger partial charge in [-0.25, -0.2) is 4.79 Å². The van der Waals surface area contributed by atoms with Gasteiger partial charge in [-0.05, 0) is 43.8 Å². The van der Waals surface area contributed by atoms with Gasteiger partial charge in [0.15, 0.2) is 0 Å². The molecule has 0 saturated carbocycles. The number of hydrogen-bond donors (Lipinski definition) is 2. The molecule has 0 radical (unpaired) electrons. The van der Waals surface area contributed by atoms with E-state index >= 15 is 0 Å². The van der Waals surface area contributed by atoms with Crippen molar-refractivity contribution in [2.24, 2.45) is 5.92 Å². The maximum atomic E-state index is 12.6. The van der Waals surface area contributed by atoms with E-state index in [1.165, 1.54) is 4.90 Å². The van der Waals surface area contributed by atoms with Crippen molar-refractivity contribution >= 4 is 28.4 Å². The van der Waals surface area contributed by atoms with Gasteiger partial charge >= 0.3 is 5.97 Å². The average molecular weight is 311 g/mol. The van der Waals surface area contributed by atoms with Crippen molar-refractivity contribution in [3.8, 4) is 0 Å². The van der Waals surface area contributed by atoms with Gasteiger partial charge in [0.1, 0.15) is 10.6 Å². The molecule has 6 nitrogen and oxygen atoms in total. The minimum absolute atomic E-state index is 0.0840. The molecule has 2 heterocycles. The predicted molar refractivity (Wildman–Crippen MR) is 82.0 cm³/mol. The fourth-order valence-corrected chi connectivity index (χ4v) is 3.58. The molecular formula is C14H21N3O3S. The molecule has 1 saturated heterocycles. The first-order chi connectivity index (χ1) is 9.95. The number of piperidine rings is 1. The van der Waals surface area contributed by atoms with E-state index in [1.54, 1.807) is 14.0 Å². The molecule has 0 bridgehead atoms. The molecule has 1 amide bonds. The van der Waals surface area contributed by atoms with Crippen LogP contribution in [0.15, 0.2) is 0 Å². The number of aromatic carboxylic acids is 1. The standard InChI is InChI=1S/C14H21N3O3S/c1-4-9-5-6-15-10(7-9)12(18)17(3)13-11(14(19)20)8(2)16-21-13/h9-10,15H,4-7H2,1-3H3,(H,19,20). The molecule has 1 aliphatic heterocycles. The lowest BCUT2D eigenvalue weighted by atomic mass is 9.90. The van der Waals surface area contributed by atoms with Crippen LogP contribution >= 0.6 is 11.5 Å². The van der Waals surface area contributed by atoms with E-state index in [4.69, 9.17) is 0 Å². The Labute approximate surface area is 128 Å². The smallest absolute Gasteiger partial charge is 0.340 e. The van der Waals surface area contributed by atoms with Crippen LogP contribution in [0.25, 0.3) is 0 Å². The molecule has 2 rings (SSSR count). The maximum absolute atomic E-state index is 12.6. The third-order valence-corrected chi connectivity index (χ3v) is 5.10. The zero-order valence-electron chi connectivity index (χ0n) is 12.5. The molecule has 2 atom stereocenters. The number of carbonyl (C=O) groups is 2. The highest BCUT2D eigenvalue weighted by Crippen LogP contribution is 2.29. The number of aromatic nitrogens is 1. The van der Waals surface area contributed by atoms with Crippen LogP contribution in [-0.4, -0.2) is 41.0 Å². The van der Waals surface area contributed by atoms with Gasteiger partial charge in [-0.15, -0.1) is 0 Å². The van der Waals surface area contributed by atoms with Gasteiger partial charge in [-0.2, -0.15) is 4.37 Å². The second-order valence-electron chi connectivity index (χ2n) is 5.46. The second-order valence-corrected chi connectivity index (χ2v) is 6.21. The predicted octanol–water partition coefficient (Wildman–Crippen LogP) is 1.89. The van der Waals surface area contributed by atoms with E-state index in [1.807, 2.05) is 0 Å². The van der Waals surface area contributed by atoms with Gasteiger partial charge in [0, 0.05) is 7.05 Å². The number of aryl methyl sites for hydroxylation is 1.